The zero-order valence-electron chi connectivity index (χ0n) is 6.75. The highest BCUT2D eigenvalue weighted by Crippen LogP contribution is 2.20. The van der Waals surface area contributed by atoms with E-state index in [9.17, 15) is 0 Å². The first-order valence-electron chi connectivity index (χ1n) is 3.65. The maximum Gasteiger partial charge on any atom is 0.221 e. The fourth-order valence-corrected chi connectivity index (χ4v) is 0.861. The quantitative estimate of drug-likeness (QED) is 0.729. The van der Waals surface area contributed by atoms with Gasteiger partial charge < -0.3 is 10.5 Å². The molecular formula is C7H10ClN3O. The first-order valence-corrected chi connectivity index (χ1v) is 4.02. The molecule has 12 heavy (non-hydrogen) atoms. The Morgan fingerprint density at radius 2 is 2.42 bits per heavy atom. The summed E-state index contributed by atoms with van der Waals surface area (Å²) in [7, 11) is 0. The van der Waals surface area contributed by atoms with Gasteiger partial charge in [0.25, 0.3) is 0 Å². The van der Waals surface area contributed by atoms with E-state index in [-0.39, 0.29) is 11.1 Å². The van der Waals surface area contributed by atoms with Crippen LogP contribution in [-0.2, 0) is 0 Å². The van der Waals surface area contributed by atoms with Crippen LogP contribution in [0.25, 0.3) is 0 Å². The fraction of sp³-hybridized carbons (Fsp3) is 0.429. The average Bonchev–Trinajstić information content (AvgIpc) is 2.03. The van der Waals surface area contributed by atoms with Gasteiger partial charge in [0.1, 0.15) is 0 Å². The second-order valence-electron chi connectivity index (χ2n) is 2.23. The third kappa shape index (κ3) is 2.23. The lowest BCUT2D eigenvalue weighted by Crippen LogP contribution is -2.00. The predicted molar refractivity (Wildman–Crippen MR) is 47.2 cm³/mol. The maximum atomic E-state index is 5.71. The van der Waals surface area contributed by atoms with Crippen LogP contribution in [0.3, 0.4) is 0 Å². The number of nitrogen functional groups attached to an aromatic ring is 1. The van der Waals surface area contributed by atoms with Gasteiger partial charge in [-0.25, -0.2) is 4.98 Å². The Hall–Kier alpha value is -1.03. The van der Waals surface area contributed by atoms with Crippen LogP contribution in [-0.4, -0.2) is 16.6 Å². The molecule has 0 saturated carbocycles. The van der Waals surface area contributed by atoms with Crippen LogP contribution in [0.1, 0.15) is 13.3 Å². The second kappa shape index (κ2) is 4.11. The normalized spacial score (nSPS) is 9.83. The SMILES string of the molecule is CCCOc1cnc(N)nc1Cl. The molecule has 0 fully saturated rings. The number of rotatable bonds is 3. The van der Waals surface area contributed by atoms with Gasteiger partial charge in [0, 0.05) is 0 Å². The molecule has 0 bridgehead atoms. The Morgan fingerprint density at radius 3 is 3.00 bits per heavy atom. The molecule has 1 aromatic heterocycles. The number of halogens is 1. The third-order valence-electron chi connectivity index (χ3n) is 1.19. The van der Waals surface area contributed by atoms with Gasteiger partial charge in [-0.2, -0.15) is 4.98 Å². The van der Waals surface area contributed by atoms with E-state index in [0.717, 1.165) is 6.42 Å². The van der Waals surface area contributed by atoms with Crippen LogP contribution in [0.2, 0.25) is 5.15 Å². The first kappa shape index (κ1) is 9.06. The lowest BCUT2D eigenvalue weighted by molar-refractivity contribution is 0.315. The van der Waals surface area contributed by atoms with Gasteiger partial charge in [0.05, 0.1) is 12.8 Å². The van der Waals surface area contributed by atoms with Gasteiger partial charge in [0.2, 0.25) is 5.95 Å². The monoisotopic (exact) mass is 187 g/mol. The topological polar surface area (TPSA) is 61.0 Å². The highest BCUT2D eigenvalue weighted by molar-refractivity contribution is 6.30. The largest absolute Gasteiger partial charge is 0.489 e. The number of nitrogens with zero attached hydrogens (tertiary/aromatic N) is 2. The minimum atomic E-state index is 0.156. The van der Waals surface area contributed by atoms with E-state index in [1.165, 1.54) is 6.20 Å². The maximum absolute atomic E-state index is 5.71. The van der Waals surface area contributed by atoms with E-state index in [1.807, 2.05) is 6.92 Å². The average molecular weight is 188 g/mol. The molecule has 0 spiro atoms. The van der Waals surface area contributed by atoms with E-state index in [2.05, 4.69) is 9.97 Å². The van der Waals surface area contributed by atoms with Crippen molar-refractivity contribution in [2.45, 2.75) is 13.3 Å². The molecule has 0 unspecified atom stereocenters. The smallest absolute Gasteiger partial charge is 0.221 e. The molecule has 4 nitrogen and oxygen atoms in total. The van der Waals surface area contributed by atoms with Gasteiger partial charge in [-0.05, 0) is 6.42 Å². The van der Waals surface area contributed by atoms with E-state index in [0.29, 0.717) is 12.4 Å². The van der Waals surface area contributed by atoms with Crippen molar-refractivity contribution in [3.05, 3.63) is 11.3 Å². The Balaban J connectivity index is 2.72. The molecule has 2 N–H and O–H groups in total. The summed E-state index contributed by atoms with van der Waals surface area (Å²) in [6.07, 6.45) is 2.39. The molecule has 5 heteroatoms. The summed E-state index contributed by atoms with van der Waals surface area (Å²) in [5.74, 6) is 0.636. The van der Waals surface area contributed by atoms with Crippen LogP contribution in [0, 0.1) is 0 Å². The van der Waals surface area contributed by atoms with Gasteiger partial charge in [0.15, 0.2) is 10.9 Å². The number of hydrogen-bond donors (Lipinski definition) is 1. The number of ether oxygens (including phenoxy) is 1. The molecule has 0 atom stereocenters. The van der Waals surface area contributed by atoms with Crippen molar-refractivity contribution in [3.8, 4) is 5.75 Å². The van der Waals surface area contributed by atoms with Crippen LogP contribution in [0.5, 0.6) is 5.75 Å². The summed E-state index contributed by atoms with van der Waals surface area (Å²) in [6.45, 7) is 2.61. The predicted octanol–water partition coefficient (Wildman–Crippen LogP) is 1.50. The Bertz CT molecular complexity index is 267. The fourth-order valence-electron chi connectivity index (χ4n) is 0.671. The highest BCUT2D eigenvalue weighted by Gasteiger charge is 2.02. The minimum absolute atomic E-state index is 0.156. The summed E-state index contributed by atoms with van der Waals surface area (Å²) in [4.78, 5) is 7.48. The third-order valence-corrected chi connectivity index (χ3v) is 1.46. The van der Waals surface area contributed by atoms with Crippen LogP contribution in [0.15, 0.2) is 6.20 Å². The van der Waals surface area contributed by atoms with Crippen LogP contribution >= 0.6 is 11.6 Å². The number of hydrogen-bond acceptors (Lipinski definition) is 4. The number of anilines is 1. The van der Waals surface area contributed by atoms with E-state index >= 15 is 0 Å². The molecule has 1 heterocycles. The highest BCUT2D eigenvalue weighted by atomic mass is 35.5. The van der Waals surface area contributed by atoms with Crippen molar-refractivity contribution >= 4 is 17.5 Å². The summed E-state index contributed by atoms with van der Waals surface area (Å²) >= 11 is 5.71. The van der Waals surface area contributed by atoms with Crippen LogP contribution < -0.4 is 10.5 Å². The molecule has 1 rings (SSSR count). The second-order valence-corrected chi connectivity index (χ2v) is 2.59. The van der Waals surface area contributed by atoms with Crippen LogP contribution in [0.4, 0.5) is 5.95 Å². The molecule has 0 amide bonds. The summed E-state index contributed by atoms with van der Waals surface area (Å²) in [6, 6.07) is 0. The van der Waals surface area contributed by atoms with E-state index in [1.54, 1.807) is 0 Å². The standard InChI is InChI=1S/C7H10ClN3O/c1-2-3-12-5-4-10-7(9)11-6(5)8/h4H,2-3H2,1H3,(H2,9,10,11). The minimum Gasteiger partial charge on any atom is -0.489 e. The Morgan fingerprint density at radius 1 is 1.67 bits per heavy atom. The lowest BCUT2D eigenvalue weighted by atomic mass is 10.5. The Kier molecular flexibility index (Phi) is 3.10. The molecule has 0 aromatic carbocycles. The molecule has 0 radical (unpaired) electrons. The summed E-state index contributed by atoms with van der Waals surface area (Å²) < 4.78 is 5.23. The van der Waals surface area contributed by atoms with Crippen molar-refractivity contribution in [1.82, 2.24) is 9.97 Å². The summed E-state index contributed by atoms with van der Waals surface area (Å²) in [5, 5.41) is 0.260. The van der Waals surface area contributed by atoms with Gasteiger partial charge >= 0.3 is 0 Å². The van der Waals surface area contributed by atoms with Crippen molar-refractivity contribution in [1.29, 1.82) is 0 Å². The summed E-state index contributed by atoms with van der Waals surface area (Å²) in [5.41, 5.74) is 5.29. The lowest BCUT2D eigenvalue weighted by Gasteiger charge is -2.04. The van der Waals surface area contributed by atoms with Crippen molar-refractivity contribution < 1.29 is 4.74 Å². The number of aromatic nitrogens is 2. The van der Waals surface area contributed by atoms with Crippen molar-refractivity contribution in [2.24, 2.45) is 0 Å². The Labute approximate surface area is 75.7 Å². The van der Waals surface area contributed by atoms with Crippen molar-refractivity contribution in [3.63, 3.8) is 0 Å². The molecule has 1 aromatic rings. The van der Waals surface area contributed by atoms with E-state index < -0.39 is 0 Å². The van der Waals surface area contributed by atoms with Gasteiger partial charge in [-0.15, -0.1) is 0 Å². The van der Waals surface area contributed by atoms with Crippen molar-refractivity contribution in [2.75, 3.05) is 12.3 Å². The molecule has 0 saturated heterocycles. The van der Waals surface area contributed by atoms with Gasteiger partial charge in [-0.1, -0.05) is 18.5 Å². The first-order chi connectivity index (χ1) is 5.74. The van der Waals surface area contributed by atoms with Gasteiger partial charge in [-0.3, -0.25) is 0 Å². The van der Waals surface area contributed by atoms with E-state index in [4.69, 9.17) is 22.1 Å². The molecular weight excluding hydrogens is 178 g/mol. The molecule has 66 valence electrons. The molecule has 0 aliphatic heterocycles. The zero-order valence-corrected chi connectivity index (χ0v) is 7.51. The molecule has 0 aliphatic carbocycles. The molecule has 0 aliphatic rings. The number of nitrogens with two attached hydrogens (primary N) is 1. The zero-order chi connectivity index (χ0) is 8.97.